The van der Waals surface area contributed by atoms with Gasteiger partial charge in [0.25, 0.3) is 5.91 Å². The van der Waals surface area contributed by atoms with E-state index in [-0.39, 0.29) is 24.2 Å². The summed E-state index contributed by atoms with van der Waals surface area (Å²) in [5.41, 5.74) is 0.513. The van der Waals surface area contributed by atoms with Gasteiger partial charge in [-0.2, -0.15) is 5.26 Å². The van der Waals surface area contributed by atoms with Crippen LogP contribution in [0.15, 0.2) is 28.6 Å². The lowest BCUT2D eigenvalue weighted by Crippen LogP contribution is -2.20. The van der Waals surface area contributed by atoms with Crippen molar-refractivity contribution in [1.82, 2.24) is 10.2 Å². The Balaban J connectivity index is 1.76. The molecule has 0 aliphatic heterocycles. The minimum Gasteiger partial charge on any atom is -0.484 e. The Bertz CT molecular complexity index is 771. The first-order valence-corrected chi connectivity index (χ1v) is 8.95. The van der Waals surface area contributed by atoms with Crippen molar-refractivity contribution in [3.8, 4) is 11.8 Å². The molecule has 0 aliphatic carbocycles. The van der Waals surface area contributed by atoms with Gasteiger partial charge in [0.15, 0.2) is 10.9 Å². The third-order valence-electron chi connectivity index (χ3n) is 2.62. The highest BCUT2D eigenvalue weighted by Gasteiger charge is 2.11. The maximum absolute atomic E-state index is 11.8. The molecule has 1 aromatic heterocycles. The largest absolute Gasteiger partial charge is 0.484 e. The monoisotopic (exact) mass is 378 g/mol. The van der Waals surface area contributed by atoms with Crippen LogP contribution in [0, 0.1) is 11.3 Å². The van der Waals surface area contributed by atoms with Crippen LogP contribution in [-0.4, -0.2) is 41.0 Å². The molecule has 25 heavy (non-hydrogen) atoms. The molecule has 0 saturated carbocycles. The zero-order chi connectivity index (χ0) is 18.1. The predicted octanol–water partition coefficient (Wildman–Crippen LogP) is 2.08. The molecule has 0 bridgehead atoms. The number of thioether (sulfide) groups is 1. The first-order valence-electron chi connectivity index (χ1n) is 7.15. The van der Waals surface area contributed by atoms with Crippen molar-refractivity contribution in [3.63, 3.8) is 0 Å². The fourth-order valence-corrected chi connectivity index (χ4v) is 3.14. The maximum Gasteiger partial charge on any atom is 0.316 e. The summed E-state index contributed by atoms with van der Waals surface area (Å²) in [7, 11) is 0. The number of hydrogen-bond donors (Lipinski definition) is 1. The third-order valence-corrected chi connectivity index (χ3v) is 4.57. The van der Waals surface area contributed by atoms with Crippen molar-refractivity contribution in [3.05, 3.63) is 29.8 Å². The molecule has 0 radical (unpaired) electrons. The van der Waals surface area contributed by atoms with Crippen LogP contribution in [0.4, 0.5) is 5.13 Å². The van der Waals surface area contributed by atoms with E-state index >= 15 is 0 Å². The number of nitrogens with one attached hydrogen (secondary N) is 1. The molecule has 0 aliphatic rings. The fourth-order valence-electron chi connectivity index (χ4n) is 1.57. The molecule has 0 spiro atoms. The number of nitrogens with zero attached hydrogens (tertiary/aromatic N) is 3. The Kier molecular flexibility index (Phi) is 7.18. The summed E-state index contributed by atoms with van der Waals surface area (Å²) in [6.45, 7) is 1.87. The number of carbonyl (C=O) groups is 2. The van der Waals surface area contributed by atoms with Crippen molar-refractivity contribution in [2.75, 3.05) is 24.3 Å². The molecule has 8 nitrogen and oxygen atoms in total. The van der Waals surface area contributed by atoms with Gasteiger partial charge in [-0.25, -0.2) is 0 Å². The van der Waals surface area contributed by atoms with E-state index in [1.807, 2.05) is 6.07 Å². The normalized spacial score (nSPS) is 9.92. The Morgan fingerprint density at radius 2 is 2.08 bits per heavy atom. The van der Waals surface area contributed by atoms with Crippen molar-refractivity contribution in [2.45, 2.75) is 11.3 Å². The van der Waals surface area contributed by atoms with Crippen LogP contribution in [0.2, 0.25) is 0 Å². The number of carbonyl (C=O) groups excluding carboxylic acids is 2. The summed E-state index contributed by atoms with van der Waals surface area (Å²) >= 11 is 2.35. The smallest absolute Gasteiger partial charge is 0.316 e. The van der Waals surface area contributed by atoms with Crippen LogP contribution in [-0.2, 0) is 14.3 Å². The molecule has 1 heterocycles. The van der Waals surface area contributed by atoms with Crippen LogP contribution in [0.3, 0.4) is 0 Å². The first kappa shape index (κ1) is 18.7. The quantitative estimate of drug-likeness (QED) is 0.422. The van der Waals surface area contributed by atoms with E-state index in [9.17, 15) is 9.59 Å². The zero-order valence-electron chi connectivity index (χ0n) is 13.2. The summed E-state index contributed by atoms with van der Waals surface area (Å²) < 4.78 is 10.7. The molecule has 1 N–H and O–H groups in total. The number of rotatable bonds is 8. The lowest BCUT2D eigenvalue weighted by atomic mass is 10.2. The zero-order valence-corrected chi connectivity index (χ0v) is 14.9. The number of amides is 1. The Hall–Kier alpha value is -2.64. The van der Waals surface area contributed by atoms with Crippen molar-refractivity contribution in [1.29, 1.82) is 5.26 Å². The summed E-state index contributed by atoms with van der Waals surface area (Å²) in [5.74, 6) is -0.0956. The van der Waals surface area contributed by atoms with Gasteiger partial charge in [-0.05, 0) is 31.2 Å². The molecule has 10 heteroatoms. The number of hydrogen-bond acceptors (Lipinski definition) is 9. The van der Waals surface area contributed by atoms with Gasteiger partial charge < -0.3 is 9.47 Å². The number of benzene rings is 1. The highest BCUT2D eigenvalue weighted by Crippen LogP contribution is 2.25. The Morgan fingerprint density at radius 1 is 1.32 bits per heavy atom. The Labute approximate surface area is 152 Å². The van der Waals surface area contributed by atoms with Gasteiger partial charge in [-0.1, -0.05) is 23.1 Å². The highest BCUT2D eigenvalue weighted by atomic mass is 32.2. The van der Waals surface area contributed by atoms with E-state index in [1.54, 1.807) is 31.2 Å². The van der Waals surface area contributed by atoms with E-state index in [4.69, 9.17) is 14.7 Å². The molecule has 1 aromatic carbocycles. The van der Waals surface area contributed by atoms with E-state index < -0.39 is 0 Å². The molecule has 2 rings (SSSR count). The molecule has 0 atom stereocenters. The average Bonchev–Trinajstić information content (AvgIpc) is 3.06. The van der Waals surface area contributed by atoms with Crippen LogP contribution < -0.4 is 10.1 Å². The van der Waals surface area contributed by atoms with Gasteiger partial charge in [0.1, 0.15) is 5.75 Å². The van der Waals surface area contributed by atoms with Gasteiger partial charge in [0, 0.05) is 0 Å². The highest BCUT2D eigenvalue weighted by molar-refractivity contribution is 8.01. The topological polar surface area (TPSA) is 114 Å². The van der Waals surface area contributed by atoms with E-state index in [0.717, 1.165) is 11.3 Å². The van der Waals surface area contributed by atoms with Gasteiger partial charge >= 0.3 is 5.97 Å². The average molecular weight is 378 g/mol. The summed E-state index contributed by atoms with van der Waals surface area (Å²) in [4.78, 5) is 23.1. The standard InChI is InChI=1S/C15H14N4O4S2/c1-2-22-13(21)9-24-15-19-18-14(25-15)17-12(20)8-23-11-5-3-10(7-16)4-6-11/h3-6H,2,8-9H2,1H3,(H,17,18,20). The lowest BCUT2D eigenvalue weighted by Gasteiger charge is -2.05. The number of ether oxygens (including phenoxy) is 2. The van der Waals surface area contributed by atoms with E-state index in [0.29, 0.717) is 27.4 Å². The molecule has 0 saturated heterocycles. The summed E-state index contributed by atoms with van der Waals surface area (Å²) in [6, 6.07) is 8.43. The van der Waals surface area contributed by atoms with Gasteiger partial charge in [0.05, 0.1) is 24.0 Å². The molecule has 2 aromatic rings. The van der Waals surface area contributed by atoms with Gasteiger partial charge in [-0.3, -0.25) is 14.9 Å². The number of esters is 1. The van der Waals surface area contributed by atoms with Gasteiger partial charge in [-0.15, -0.1) is 10.2 Å². The predicted molar refractivity (Wildman–Crippen MR) is 92.5 cm³/mol. The molecule has 1 amide bonds. The van der Waals surface area contributed by atoms with Crippen molar-refractivity contribution >= 4 is 40.1 Å². The number of aromatic nitrogens is 2. The van der Waals surface area contributed by atoms with Gasteiger partial charge in [0.2, 0.25) is 5.13 Å². The lowest BCUT2D eigenvalue weighted by molar-refractivity contribution is -0.139. The Morgan fingerprint density at radius 3 is 2.76 bits per heavy atom. The van der Waals surface area contributed by atoms with Crippen LogP contribution in [0.25, 0.3) is 0 Å². The maximum atomic E-state index is 11.8. The first-order chi connectivity index (χ1) is 12.1. The van der Waals surface area contributed by atoms with Crippen LogP contribution in [0.5, 0.6) is 5.75 Å². The minimum absolute atomic E-state index is 0.137. The summed E-state index contributed by atoms with van der Waals surface area (Å²) in [6.07, 6.45) is 0. The van der Waals surface area contributed by atoms with Crippen molar-refractivity contribution in [2.24, 2.45) is 0 Å². The molecule has 130 valence electrons. The molecular formula is C15H14N4O4S2. The minimum atomic E-state index is -0.387. The van der Waals surface area contributed by atoms with Crippen LogP contribution in [0.1, 0.15) is 12.5 Å². The number of anilines is 1. The van der Waals surface area contributed by atoms with Crippen LogP contribution >= 0.6 is 23.1 Å². The molecule has 0 fully saturated rings. The fraction of sp³-hybridized carbons (Fsp3) is 0.267. The third kappa shape index (κ3) is 6.40. The SMILES string of the molecule is CCOC(=O)CSc1nnc(NC(=O)COc2ccc(C#N)cc2)s1. The van der Waals surface area contributed by atoms with E-state index in [2.05, 4.69) is 15.5 Å². The second-order valence-electron chi connectivity index (χ2n) is 4.44. The molecule has 0 unspecified atom stereocenters. The summed E-state index contributed by atoms with van der Waals surface area (Å²) in [5, 5.41) is 19.3. The second kappa shape index (κ2) is 9.61. The number of nitriles is 1. The molecular weight excluding hydrogens is 364 g/mol. The second-order valence-corrected chi connectivity index (χ2v) is 6.64. The van der Waals surface area contributed by atoms with E-state index in [1.165, 1.54) is 11.8 Å². The van der Waals surface area contributed by atoms with Crippen molar-refractivity contribution < 1.29 is 19.1 Å².